The number of methoxy groups -OCH3 is 1. The van der Waals surface area contributed by atoms with Crippen molar-refractivity contribution in [3.63, 3.8) is 0 Å². The molecule has 162 valence electrons. The van der Waals surface area contributed by atoms with Crippen LogP contribution in [0.25, 0.3) is 0 Å². The highest BCUT2D eigenvalue weighted by Gasteiger charge is 2.35. The summed E-state index contributed by atoms with van der Waals surface area (Å²) in [5, 5.41) is 2.33. The van der Waals surface area contributed by atoms with Gasteiger partial charge in [0.1, 0.15) is 17.0 Å². The highest BCUT2D eigenvalue weighted by molar-refractivity contribution is 6.01. The Morgan fingerprint density at radius 2 is 1.07 bits per heavy atom. The number of ether oxygens (including phenoxy) is 3. The zero-order valence-electron chi connectivity index (χ0n) is 18.6. The average Bonchev–Trinajstić information content (AvgIpc) is 2.64. The molecule has 0 aromatic heterocycles. The van der Waals surface area contributed by atoms with Crippen molar-refractivity contribution in [3.05, 3.63) is 54.6 Å². The van der Waals surface area contributed by atoms with Crippen LogP contribution in [0, 0.1) is 0 Å². The minimum Gasteiger partial charge on any atom is -0.497 e. The monoisotopic (exact) mass is 414 g/mol. The number of hydrogen-bond donors (Lipinski definition) is 0. The van der Waals surface area contributed by atoms with Crippen LogP contribution in [0.4, 0.5) is 21.0 Å². The standard InChI is InChI=1S/C23H30N2O5/c1-22(2,3)29-20(26)24(17-11-9-8-10-12-17)25(21(27)30-23(4,5)6)18-13-15-19(28-7)16-14-18/h8-16H,1-7H3. The molecule has 0 unspecified atom stereocenters. The summed E-state index contributed by atoms with van der Waals surface area (Å²) in [5.41, 5.74) is -0.657. The summed E-state index contributed by atoms with van der Waals surface area (Å²) in [6, 6.07) is 15.5. The van der Waals surface area contributed by atoms with Crippen molar-refractivity contribution in [2.24, 2.45) is 0 Å². The molecule has 7 heteroatoms. The summed E-state index contributed by atoms with van der Waals surface area (Å²) in [4.78, 5) is 26.4. The topological polar surface area (TPSA) is 68.3 Å². The van der Waals surface area contributed by atoms with Gasteiger partial charge in [0, 0.05) is 0 Å². The minimum absolute atomic E-state index is 0.416. The molecule has 0 fully saturated rings. The smallest absolute Gasteiger partial charge is 0.434 e. The molecule has 30 heavy (non-hydrogen) atoms. The molecular formula is C23H30N2O5. The maximum atomic E-state index is 13.2. The summed E-state index contributed by atoms with van der Waals surface area (Å²) >= 11 is 0. The number of benzene rings is 2. The highest BCUT2D eigenvalue weighted by Crippen LogP contribution is 2.28. The van der Waals surface area contributed by atoms with E-state index in [1.807, 2.05) is 6.07 Å². The molecule has 0 radical (unpaired) electrons. The summed E-state index contributed by atoms with van der Waals surface area (Å²) in [7, 11) is 1.55. The lowest BCUT2D eigenvalue weighted by molar-refractivity contribution is 0.0479. The fourth-order valence-electron chi connectivity index (χ4n) is 2.51. The first kappa shape index (κ1) is 23.1. The molecule has 0 aliphatic rings. The Kier molecular flexibility index (Phi) is 6.97. The van der Waals surface area contributed by atoms with Crippen LogP contribution in [0.5, 0.6) is 5.75 Å². The third kappa shape index (κ3) is 6.40. The van der Waals surface area contributed by atoms with Crippen molar-refractivity contribution in [3.8, 4) is 5.75 Å². The van der Waals surface area contributed by atoms with E-state index in [4.69, 9.17) is 14.2 Å². The average molecular weight is 415 g/mol. The van der Waals surface area contributed by atoms with Crippen LogP contribution in [0.15, 0.2) is 54.6 Å². The molecule has 0 saturated heterocycles. The molecular weight excluding hydrogens is 384 g/mol. The van der Waals surface area contributed by atoms with E-state index in [1.165, 1.54) is 5.01 Å². The Balaban J connectivity index is 2.60. The van der Waals surface area contributed by atoms with E-state index < -0.39 is 23.4 Å². The molecule has 2 amide bonds. The molecule has 2 aromatic carbocycles. The van der Waals surface area contributed by atoms with Crippen LogP contribution in [-0.4, -0.2) is 30.5 Å². The van der Waals surface area contributed by atoms with Crippen LogP contribution in [0.1, 0.15) is 41.5 Å². The van der Waals surface area contributed by atoms with Gasteiger partial charge in [0.25, 0.3) is 0 Å². The number of rotatable bonds is 3. The first-order valence-corrected chi connectivity index (χ1v) is 9.66. The quantitative estimate of drug-likeness (QED) is 0.594. The molecule has 0 atom stereocenters. The second-order valence-electron chi connectivity index (χ2n) is 8.62. The van der Waals surface area contributed by atoms with Crippen LogP contribution in [0.2, 0.25) is 0 Å². The predicted molar refractivity (Wildman–Crippen MR) is 117 cm³/mol. The maximum Gasteiger partial charge on any atom is 0.434 e. The summed E-state index contributed by atoms with van der Waals surface area (Å²) in [5.74, 6) is 0.617. The van der Waals surface area contributed by atoms with E-state index in [2.05, 4.69) is 0 Å². The second kappa shape index (κ2) is 9.07. The van der Waals surface area contributed by atoms with E-state index in [9.17, 15) is 9.59 Å². The number of amides is 2. The van der Waals surface area contributed by atoms with Gasteiger partial charge in [-0.15, -0.1) is 0 Å². The van der Waals surface area contributed by atoms with Gasteiger partial charge in [-0.3, -0.25) is 0 Å². The van der Waals surface area contributed by atoms with Crippen molar-refractivity contribution in [1.29, 1.82) is 0 Å². The summed E-state index contributed by atoms with van der Waals surface area (Å²) in [6.07, 6.45) is -1.43. The van der Waals surface area contributed by atoms with E-state index in [-0.39, 0.29) is 0 Å². The SMILES string of the molecule is COc1ccc(N(C(=O)OC(C)(C)C)N(C(=O)OC(C)(C)C)c2ccccc2)cc1. The van der Waals surface area contributed by atoms with Gasteiger partial charge < -0.3 is 14.2 Å². The largest absolute Gasteiger partial charge is 0.497 e. The fourth-order valence-corrected chi connectivity index (χ4v) is 2.51. The number of hydrazine groups is 1. The summed E-state index contributed by atoms with van der Waals surface area (Å²) in [6.45, 7) is 10.6. The Bertz CT molecular complexity index is 852. The van der Waals surface area contributed by atoms with E-state index in [1.54, 1.807) is 97.2 Å². The van der Waals surface area contributed by atoms with E-state index in [0.29, 0.717) is 17.1 Å². The van der Waals surface area contributed by atoms with Crippen molar-refractivity contribution < 1.29 is 23.8 Å². The number of nitrogens with zero attached hydrogens (tertiary/aromatic N) is 2. The van der Waals surface area contributed by atoms with Crippen molar-refractivity contribution >= 4 is 23.6 Å². The number of hydrogen-bond acceptors (Lipinski definition) is 5. The highest BCUT2D eigenvalue weighted by atomic mass is 16.6. The summed E-state index contributed by atoms with van der Waals surface area (Å²) < 4.78 is 16.4. The lowest BCUT2D eigenvalue weighted by Crippen LogP contribution is -2.53. The Morgan fingerprint density at radius 3 is 1.43 bits per heavy atom. The number of carbonyl (C=O) groups excluding carboxylic acids is 2. The van der Waals surface area contributed by atoms with Crippen molar-refractivity contribution in [2.45, 2.75) is 52.7 Å². The van der Waals surface area contributed by atoms with Gasteiger partial charge in [0.05, 0.1) is 18.5 Å². The van der Waals surface area contributed by atoms with Crippen LogP contribution in [0.3, 0.4) is 0 Å². The Labute approximate surface area is 178 Å². The van der Waals surface area contributed by atoms with Gasteiger partial charge in [-0.25, -0.2) is 9.59 Å². The van der Waals surface area contributed by atoms with Gasteiger partial charge in [0.2, 0.25) is 0 Å². The molecule has 0 bridgehead atoms. The molecule has 0 aliphatic carbocycles. The third-order valence-corrected chi connectivity index (χ3v) is 3.65. The minimum atomic E-state index is -0.766. The molecule has 0 N–H and O–H groups in total. The lowest BCUT2D eigenvalue weighted by Gasteiger charge is -2.36. The maximum absolute atomic E-state index is 13.2. The van der Waals surface area contributed by atoms with Crippen molar-refractivity contribution in [1.82, 2.24) is 0 Å². The lowest BCUT2D eigenvalue weighted by atomic mass is 10.2. The molecule has 7 nitrogen and oxygen atoms in total. The normalized spacial score (nSPS) is 11.4. The number of para-hydroxylation sites is 1. The van der Waals surface area contributed by atoms with Gasteiger partial charge in [-0.1, -0.05) is 18.2 Å². The number of carbonyl (C=O) groups is 2. The zero-order chi connectivity index (χ0) is 22.5. The first-order valence-electron chi connectivity index (χ1n) is 9.66. The van der Waals surface area contributed by atoms with E-state index in [0.717, 1.165) is 5.01 Å². The van der Waals surface area contributed by atoms with Crippen LogP contribution in [-0.2, 0) is 9.47 Å². The molecule has 0 heterocycles. The Hall–Kier alpha value is -3.22. The van der Waals surface area contributed by atoms with E-state index >= 15 is 0 Å². The van der Waals surface area contributed by atoms with Crippen molar-refractivity contribution in [2.75, 3.05) is 17.1 Å². The molecule has 0 saturated carbocycles. The van der Waals surface area contributed by atoms with Gasteiger partial charge in [0.15, 0.2) is 0 Å². The molecule has 2 aromatic rings. The van der Waals surface area contributed by atoms with Crippen LogP contribution < -0.4 is 14.8 Å². The first-order chi connectivity index (χ1) is 13.9. The fraction of sp³-hybridized carbons (Fsp3) is 0.391. The Morgan fingerprint density at radius 1 is 0.667 bits per heavy atom. The molecule has 0 aliphatic heterocycles. The van der Waals surface area contributed by atoms with Crippen LogP contribution >= 0.6 is 0 Å². The van der Waals surface area contributed by atoms with Gasteiger partial charge in [-0.05, 0) is 77.9 Å². The molecule has 0 spiro atoms. The molecule has 2 rings (SSSR count). The third-order valence-electron chi connectivity index (χ3n) is 3.65. The predicted octanol–water partition coefficient (Wildman–Crippen LogP) is 5.79. The van der Waals surface area contributed by atoms with Gasteiger partial charge in [-0.2, -0.15) is 10.0 Å². The second-order valence-corrected chi connectivity index (χ2v) is 8.62. The zero-order valence-corrected chi connectivity index (χ0v) is 18.6. The van der Waals surface area contributed by atoms with Gasteiger partial charge >= 0.3 is 12.2 Å². The number of anilines is 2.